The van der Waals surface area contributed by atoms with Crippen molar-refractivity contribution in [1.29, 1.82) is 0 Å². The van der Waals surface area contributed by atoms with Gasteiger partial charge in [0, 0.05) is 6.61 Å². The molecule has 2 nitrogen and oxygen atoms in total. The van der Waals surface area contributed by atoms with Crippen molar-refractivity contribution in [2.75, 3.05) is 19.8 Å². The Morgan fingerprint density at radius 1 is 1.70 bits per heavy atom. The summed E-state index contributed by atoms with van der Waals surface area (Å²) in [7, 11) is 0. The van der Waals surface area contributed by atoms with Crippen LogP contribution in [0.1, 0.15) is 13.3 Å². The molecule has 2 heteroatoms. The second-order valence-electron chi connectivity index (χ2n) is 2.42. The Hall–Kier alpha value is -0.340. The van der Waals surface area contributed by atoms with Gasteiger partial charge >= 0.3 is 0 Å². The Balaban J connectivity index is 3.04. The van der Waals surface area contributed by atoms with E-state index in [2.05, 4.69) is 6.58 Å². The first-order valence-corrected chi connectivity index (χ1v) is 3.58. The van der Waals surface area contributed by atoms with E-state index in [1.165, 1.54) is 0 Å². The fourth-order valence-corrected chi connectivity index (χ4v) is 0.637. The predicted molar refractivity (Wildman–Crippen MR) is 40.4 cm³/mol. The van der Waals surface area contributed by atoms with Crippen molar-refractivity contribution in [1.82, 2.24) is 0 Å². The topological polar surface area (TPSA) is 29.1 Å². The lowest BCUT2D eigenvalue weighted by atomic mass is 10.1. The lowest BCUT2D eigenvalue weighted by molar-refractivity contribution is 0.102. The second kappa shape index (κ2) is 6.78. The van der Waals surface area contributed by atoms with Gasteiger partial charge in [0.1, 0.15) is 0 Å². The van der Waals surface area contributed by atoms with Gasteiger partial charge in [0.15, 0.2) is 0 Å². The molecule has 0 aliphatic rings. The van der Waals surface area contributed by atoms with Gasteiger partial charge in [-0.1, -0.05) is 13.0 Å². The van der Waals surface area contributed by atoms with E-state index in [1.807, 2.05) is 6.92 Å². The fraction of sp³-hybridized carbons (Fsp3) is 0.750. The molecule has 0 aromatic heterocycles. The van der Waals surface area contributed by atoms with E-state index in [0.717, 1.165) is 0 Å². The first-order valence-electron chi connectivity index (χ1n) is 3.58. The molecule has 0 fully saturated rings. The molecule has 1 unspecified atom stereocenters. The third-order valence-electron chi connectivity index (χ3n) is 1.25. The van der Waals surface area contributed by atoms with E-state index in [0.29, 0.717) is 25.6 Å². The number of ether oxygens (including phenoxy) is 1. The smallest absolute Gasteiger partial charge is 0.0825 e. The summed E-state index contributed by atoms with van der Waals surface area (Å²) in [5.41, 5.74) is 0. The number of hydrogen-bond acceptors (Lipinski definition) is 1. The van der Waals surface area contributed by atoms with Crippen molar-refractivity contribution in [3.8, 4) is 0 Å². The largest absolute Gasteiger partial charge is 0.377 e. The van der Waals surface area contributed by atoms with Crippen LogP contribution in [0.15, 0.2) is 12.7 Å². The molecule has 0 saturated heterocycles. The Morgan fingerprint density at radius 2 is 2.40 bits per heavy atom. The van der Waals surface area contributed by atoms with Gasteiger partial charge in [-0.05, 0) is 12.3 Å². The molecule has 1 radical (unpaired) electrons. The van der Waals surface area contributed by atoms with E-state index < -0.39 is 0 Å². The van der Waals surface area contributed by atoms with Crippen LogP contribution in [0.25, 0.3) is 0 Å². The maximum atomic E-state index is 10.1. The van der Waals surface area contributed by atoms with Crippen molar-refractivity contribution in [3.63, 3.8) is 0 Å². The quantitative estimate of drug-likeness (QED) is 0.410. The van der Waals surface area contributed by atoms with Crippen LogP contribution in [0.3, 0.4) is 0 Å². The van der Waals surface area contributed by atoms with Crippen molar-refractivity contribution in [3.05, 3.63) is 12.7 Å². The standard InChI is InChI=1S/C8H15O2/c1-3-6-10-7-8(2)4-5-9/h3,8H,1,4-7H2,2H3. The lowest BCUT2D eigenvalue weighted by Gasteiger charge is -2.07. The average Bonchev–Trinajstić information content (AvgIpc) is 1.89. The van der Waals surface area contributed by atoms with Gasteiger partial charge in [-0.25, -0.2) is 5.11 Å². The van der Waals surface area contributed by atoms with Crippen LogP contribution in [-0.4, -0.2) is 19.8 Å². The minimum atomic E-state index is -0.00137. The lowest BCUT2D eigenvalue weighted by Crippen LogP contribution is -2.07. The number of hydrogen-bond donors (Lipinski definition) is 0. The van der Waals surface area contributed by atoms with Gasteiger partial charge in [0.05, 0.1) is 13.2 Å². The van der Waals surface area contributed by atoms with Crippen LogP contribution in [-0.2, 0) is 9.84 Å². The average molecular weight is 143 g/mol. The molecule has 10 heavy (non-hydrogen) atoms. The Labute approximate surface area is 62.5 Å². The van der Waals surface area contributed by atoms with Crippen LogP contribution in [0.4, 0.5) is 0 Å². The molecule has 0 heterocycles. The van der Waals surface area contributed by atoms with Crippen LogP contribution >= 0.6 is 0 Å². The molecule has 59 valence electrons. The van der Waals surface area contributed by atoms with Crippen molar-refractivity contribution >= 4 is 0 Å². The van der Waals surface area contributed by atoms with Crippen LogP contribution in [0.2, 0.25) is 0 Å². The highest BCUT2D eigenvalue weighted by Gasteiger charge is 1.99. The van der Waals surface area contributed by atoms with Gasteiger partial charge in [-0.15, -0.1) is 6.58 Å². The summed E-state index contributed by atoms with van der Waals surface area (Å²) in [5, 5.41) is 10.1. The predicted octanol–water partition coefficient (Wildman–Crippen LogP) is 1.65. The molecule has 0 aromatic carbocycles. The zero-order chi connectivity index (χ0) is 7.82. The third-order valence-corrected chi connectivity index (χ3v) is 1.25. The molecular weight excluding hydrogens is 128 g/mol. The Kier molecular flexibility index (Phi) is 6.55. The summed E-state index contributed by atoms with van der Waals surface area (Å²) in [6.45, 7) is 6.79. The Morgan fingerprint density at radius 3 is 2.90 bits per heavy atom. The van der Waals surface area contributed by atoms with E-state index in [1.54, 1.807) is 6.08 Å². The van der Waals surface area contributed by atoms with Gasteiger partial charge < -0.3 is 4.74 Å². The molecular formula is C8H15O2. The zero-order valence-corrected chi connectivity index (χ0v) is 6.51. The molecule has 0 spiro atoms. The van der Waals surface area contributed by atoms with E-state index in [4.69, 9.17) is 4.74 Å². The van der Waals surface area contributed by atoms with Gasteiger partial charge in [0.2, 0.25) is 0 Å². The fourth-order valence-electron chi connectivity index (χ4n) is 0.637. The monoisotopic (exact) mass is 143 g/mol. The second-order valence-corrected chi connectivity index (χ2v) is 2.42. The maximum Gasteiger partial charge on any atom is 0.0825 e. The van der Waals surface area contributed by atoms with Crippen LogP contribution in [0, 0.1) is 5.92 Å². The van der Waals surface area contributed by atoms with Crippen LogP contribution in [0.5, 0.6) is 0 Å². The molecule has 0 amide bonds. The highest BCUT2D eigenvalue weighted by Crippen LogP contribution is 2.00. The molecule has 0 aliphatic heterocycles. The van der Waals surface area contributed by atoms with Gasteiger partial charge in [0.25, 0.3) is 0 Å². The van der Waals surface area contributed by atoms with E-state index in [-0.39, 0.29) is 6.61 Å². The summed E-state index contributed by atoms with van der Waals surface area (Å²) in [5.74, 6) is 0.387. The first-order chi connectivity index (χ1) is 4.81. The summed E-state index contributed by atoms with van der Waals surface area (Å²) >= 11 is 0. The minimum absolute atomic E-state index is 0.00137. The molecule has 0 rings (SSSR count). The van der Waals surface area contributed by atoms with Crippen molar-refractivity contribution in [2.24, 2.45) is 5.92 Å². The van der Waals surface area contributed by atoms with E-state index in [9.17, 15) is 5.11 Å². The maximum absolute atomic E-state index is 10.1. The SMILES string of the molecule is C=CCOCC(C)CC[O]. The summed E-state index contributed by atoms with van der Waals surface area (Å²) in [4.78, 5) is 0. The van der Waals surface area contributed by atoms with E-state index >= 15 is 0 Å². The minimum Gasteiger partial charge on any atom is -0.377 e. The molecule has 0 aromatic rings. The highest BCUT2D eigenvalue weighted by molar-refractivity contribution is 4.64. The molecule has 0 bridgehead atoms. The normalized spacial score (nSPS) is 13.0. The summed E-state index contributed by atoms with van der Waals surface area (Å²) in [6, 6.07) is 0. The number of rotatable bonds is 6. The molecule has 1 atom stereocenters. The highest BCUT2D eigenvalue weighted by atomic mass is 16.5. The van der Waals surface area contributed by atoms with Gasteiger partial charge in [-0.3, -0.25) is 0 Å². The third kappa shape index (κ3) is 5.79. The first kappa shape index (κ1) is 9.66. The molecule has 0 saturated carbocycles. The van der Waals surface area contributed by atoms with Crippen molar-refractivity contribution < 1.29 is 9.84 Å². The summed E-state index contributed by atoms with van der Waals surface area (Å²) < 4.78 is 5.14. The van der Waals surface area contributed by atoms with Crippen molar-refractivity contribution in [2.45, 2.75) is 13.3 Å². The summed E-state index contributed by atoms with van der Waals surface area (Å²) in [6.07, 6.45) is 2.42. The zero-order valence-electron chi connectivity index (χ0n) is 6.51. The molecule has 0 aliphatic carbocycles. The molecule has 0 N–H and O–H groups in total. The Bertz CT molecular complexity index is 81.3. The van der Waals surface area contributed by atoms with Crippen LogP contribution < -0.4 is 0 Å². The van der Waals surface area contributed by atoms with Gasteiger partial charge in [-0.2, -0.15) is 0 Å².